The van der Waals surface area contributed by atoms with Crippen LogP contribution in [0.1, 0.15) is 30.9 Å². The first-order chi connectivity index (χ1) is 13.5. The molecule has 2 heterocycles. The Morgan fingerprint density at radius 1 is 1.14 bits per heavy atom. The van der Waals surface area contributed by atoms with Crippen molar-refractivity contribution in [3.8, 4) is 5.88 Å². The molecule has 0 bridgehead atoms. The average molecular weight is 389 g/mol. The molecule has 0 radical (unpaired) electrons. The van der Waals surface area contributed by atoms with Crippen LogP contribution in [0, 0.1) is 0 Å². The van der Waals surface area contributed by atoms with Crippen molar-refractivity contribution in [2.75, 3.05) is 18.5 Å². The Bertz CT molecular complexity index is 817. The first-order valence-corrected chi connectivity index (χ1v) is 9.08. The number of amides is 2. The molecule has 8 heteroatoms. The first-order valence-electron chi connectivity index (χ1n) is 9.08. The number of rotatable bonds is 7. The van der Waals surface area contributed by atoms with Crippen LogP contribution in [0.5, 0.6) is 5.88 Å². The molecule has 0 spiro atoms. The number of benzene rings is 1. The summed E-state index contributed by atoms with van der Waals surface area (Å²) in [5.74, 6) is -0.331. The summed E-state index contributed by atoms with van der Waals surface area (Å²) in [5, 5.41) is 2.67. The number of anilines is 1. The van der Waals surface area contributed by atoms with Crippen LogP contribution in [0.3, 0.4) is 0 Å². The van der Waals surface area contributed by atoms with Gasteiger partial charge in [0.2, 0.25) is 11.8 Å². The van der Waals surface area contributed by atoms with Gasteiger partial charge in [0.25, 0.3) is 12.3 Å². The van der Waals surface area contributed by atoms with Gasteiger partial charge in [0.15, 0.2) is 6.61 Å². The van der Waals surface area contributed by atoms with Gasteiger partial charge in [-0.3, -0.25) is 9.59 Å². The van der Waals surface area contributed by atoms with Crippen LogP contribution < -0.4 is 10.1 Å². The maximum atomic E-state index is 13.0. The van der Waals surface area contributed by atoms with Crippen LogP contribution in [-0.4, -0.2) is 41.3 Å². The second-order valence-electron chi connectivity index (χ2n) is 6.41. The van der Waals surface area contributed by atoms with Gasteiger partial charge in [-0.2, -0.15) is 4.98 Å². The van der Waals surface area contributed by atoms with Crippen LogP contribution in [0.4, 0.5) is 14.6 Å². The highest BCUT2D eigenvalue weighted by atomic mass is 19.3. The van der Waals surface area contributed by atoms with Crippen molar-refractivity contribution in [2.45, 2.75) is 31.7 Å². The number of carbonyl (C=O) groups is 2. The lowest BCUT2D eigenvalue weighted by molar-refractivity contribution is -0.141. The monoisotopic (exact) mass is 389 g/mol. The number of piperidine rings is 1. The molecule has 2 aromatic rings. The summed E-state index contributed by atoms with van der Waals surface area (Å²) < 4.78 is 29.5. The molecule has 28 heavy (non-hydrogen) atoms. The number of hydrogen-bond donors (Lipinski definition) is 1. The van der Waals surface area contributed by atoms with Crippen molar-refractivity contribution < 1.29 is 23.1 Å². The van der Waals surface area contributed by atoms with Crippen molar-refractivity contribution in [3.05, 3.63) is 54.1 Å². The van der Waals surface area contributed by atoms with E-state index < -0.39 is 25.0 Å². The van der Waals surface area contributed by atoms with Crippen molar-refractivity contribution in [1.82, 2.24) is 9.88 Å². The lowest BCUT2D eigenvalue weighted by atomic mass is 10.0. The van der Waals surface area contributed by atoms with Gasteiger partial charge >= 0.3 is 0 Å². The fourth-order valence-electron chi connectivity index (χ4n) is 3.12. The normalized spacial score (nSPS) is 15.4. The second kappa shape index (κ2) is 9.25. The fourth-order valence-corrected chi connectivity index (χ4v) is 3.12. The SMILES string of the molecule is O=C(Nc1cccc(OCC(F)F)n1)C(c1ccccc1)N1CCCCC1=O. The molecule has 1 saturated heterocycles. The smallest absolute Gasteiger partial charge is 0.272 e. The van der Waals surface area contributed by atoms with E-state index in [9.17, 15) is 18.4 Å². The van der Waals surface area contributed by atoms with Crippen LogP contribution in [-0.2, 0) is 9.59 Å². The molecule has 1 aromatic carbocycles. The van der Waals surface area contributed by atoms with E-state index in [0.717, 1.165) is 12.8 Å². The Morgan fingerprint density at radius 2 is 1.93 bits per heavy atom. The van der Waals surface area contributed by atoms with Crippen LogP contribution in [0.15, 0.2) is 48.5 Å². The summed E-state index contributed by atoms with van der Waals surface area (Å²) in [6, 6.07) is 12.8. The Labute approximate surface area is 161 Å². The van der Waals surface area contributed by atoms with E-state index >= 15 is 0 Å². The maximum absolute atomic E-state index is 13.0. The number of nitrogens with one attached hydrogen (secondary N) is 1. The molecular weight excluding hydrogens is 368 g/mol. The zero-order chi connectivity index (χ0) is 19.9. The third-order valence-electron chi connectivity index (χ3n) is 4.37. The molecule has 0 aliphatic carbocycles. The predicted molar refractivity (Wildman–Crippen MR) is 99.1 cm³/mol. The third kappa shape index (κ3) is 5.03. The minimum absolute atomic E-state index is 0.0107. The van der Waals surface area contributed by atoms with Gasteiger partial charge in [0, 0.05) is 19.0 Å². The zero-order valence-corrected chi connectivity index (χ0v) is 15.2. The first kappa shape index (κ1) is 19.7. The number of likely N-dealkylation sites (tertiary alicyclic amines) is 1. The number of alkyl halides is 2. The molecule has 1 aliphatic rings. The lowest BCUT2D eigenvalue weighted by Crippen LogP contribution is -2.43. The maximum Gasteiger partial charge on any atom is 0.272 e. The molecule has 148 valence electrons. The zero-order valence-electron chi connectivity index (χ0n) is 15.2. The van der Waals surface area contributed by atoms with Crippen LogP contribution >= 0.6 is 0 Å². The van der Waals surface area contributed by atoms with Gasteiger partial charge in [-0.1, -0.05) is 36.4 Å². The van der Waals surface area contributed by atoms with E-state index in [4.69, 9.17) is 4.74 Å². The molecule has 1 unspecified atom stereocenters. The predicted octanol–water partition coefficient (Wildman–Crippen LogP) is 3.42. The second-order valence-corrected chi connectivity index (χ2v) is 6.41. The third-order valence-corrected chi connectivity index (χ3v) is 4.37. The minimum Gasteiger partial charge on any atom is -0.472 e. The Hall–Kier alpha value is -3.03. The average Bonchev–Trinajstić information content (AvgIpc) is 2.69. The summed E-state index contributed by atoms with van der Waals surface area (Å²) in [5.41, 5.74) is 0.695. The summed E-state index contributed by atoms with van der Waals surface area (Å²) in [7, 11) is 0. The van der Waals surface area contributed by atoms with Gasteiger partial charge in [-0.15, -0.1) is 0 Å². The minimum atomic E-state index is -2.62. The van der Waals surface area contributed by atoms with Gasteiger partial charge in [0.1, 0.15) is 11.9 Å². The van der Waals surface area contributed by atoms with E-state index in [1.54, 1.807) is 35.2 Å². The number of nitrogens with zero attached hydrogens (tertiary/aromatic N) is 2. The van der Waals surface area contributed by atoms with Crippen LogP contribution in [0.25, 0.3) is 0 Å². The molecule has 1 fully saturated rings. The number of hydrogen-bond acceptors (Lipinski definition) is 4. The quantitative estimate of drug-likeness (QED) is 0.788. The van der Waals surface area contributed by atoms with E-state index in [1.165, 1.54) is 12.1 Å². The molecular formula is C20H21F2N3O3. The molecule has 1 aromatic heterocycles. The Morgan fingerprint density at radius 3 is 2.64 bits per heavy atom. The summed E-state index contributed by atoms with van der Waals surface area (Å²) in [6.07, 6.45) is -0.569. The molecule has 6 nitrogen and oxygen atoms in total. The molecule has 3 rings (SSSR count). The highest BCUT2D eigenvalue weighted by molar-refractivity contribution is 5.97. The van der Waals surface area contributed by atoms with Crippen molar-refractivity contribution in [2.24, 2.45) is 0 Å². The number of aromatic nitrogens is 1. The molecule has 1 atom stereocenters. The number of halogens is 2. The molecule has 1 N–H and O–H groups in total. The highest BCUT2D eigenvalue weighted by Gasteiger charge is 2.32. The van der Waals surface area contributed by atoms with Gasteiger partial charge in [-0.05, 0) is 24.5 Å². The van der Waals surface area contributed by atoms with Gasteiger partial charge in [0.05, 0.1) is 0 Å². The van der Waals surface area contributed by atoms with Crippen molar-refractivity contribution in [1.29, 1.82) is 0 Å². The summed E-state index contributed by atoms with van der Waals surface area (Å²) in [6.45, 7) is -0.282. The fraction of sp³-hybridized carbons (Fsp3) is 0.350. The Balaban J connectivity index is 1.80. The molecule has 0 saturated carbocycles. The molecule has 1 aliphatic heterocycles. The standard InChI is InChI=1S/C20H21F2N3O3/c21-15(22)13-28-17-10-6-9-16(23-17)24-20(27)19(14-7-2-1-3-8-14)25-12-5-4-11-18(25)26/h1-3,6-10,15,19H,4-5,11-13H2,(H,23,24,27). The highest BCUT2D eigenvalue weighted by Crippen LogP contribution is 2.27. The summed E-state index contributed by atoms with van der Waals surface area (Å²) >= 11 is 0. The topological polar surface area (TPSA) is 71.5 Å². The van der Waals surface area contributed by atoms with Gasteiger partial charge in [-0.25, -0.2) is 8.78 Å². The lowest BCUT2D eigenvalue weighted by Gasteiger charge is -2.34. The van der Waals surface area contributed by atoms with E-state index in [1.807, 2.05) is 6.07 Å². The van der Waals surface area contributed by atoms with Crippen LogP contribution in [0.2, 0.25) is 0 Å². The number of pyridine rings is 1. The van der Waals surface area contributed by atoms with E-state index in [0.29, 0.717) is 18.5 Å². The largest absolute Gasteiger partial charge is 0.472 e. The molecule has 2 amide bonds. The van der Waals surface area contributed by atoms with Crippen molar-refractivity contribution >= 4 is 17.6 Å². The number of ether oxygens (including phenoxy) is 1. The van der Waals surface area contributed by atoms with E-state index in [2.05, 4.69) is 10.3 Å². The van der Waals surface area contributed by atoms with E-state index in [-0.39, 0.29) is 17.6 Å². The number of carbonyl (C=O) groups excluding carboxylic acids is 2. The summed E-state index contributed by atoms with van der Waals surface area (Å²) in [4.78, 5) is 31.0. The van der Waals surface area contributed by atoms with Crippen molar-refractivity contribution in [3.63, 3.8) is 0 Å². The Kier molecular flexibility index (Phi) is 6.52. The van der Waals surface area contributed by atoms with Gasteiger partial charge < -0.3 is 15.0 Å².